The molecule has 98 valence electrons. The summed E-state index contributed by atoms with van der Waals surface area (Å²) in [5.41, 5.74) is 6.65. The van der Waals surface area contributed by atoms with Crippen LogP contribution in [0.15, 0.2) is 29.3 Å². The third-order valence-electron chi connectivity index (χ3n) is 3.10. The highest BCUT2D eigenvalue weighted by Crippen LogP contribution is 2.34. The molecule has 0 spiro atoms. The average Bonchev–Trinajstić information content (AvgIpc) is 2.72. The third kappa shape index (κ3) is 2.13. The molecule has 0 saturated carbocycles. The second kappa shape index (κ2) is 5.02. The molecule has 1 aliphatic rings. The monoisotopic (exact) mass is 257 g/mol. The molecule has 0 aliphatic carbocycles. The number of rotatable bonds is 3. The number of nitrogens with zero attached hydrogens (tertiary/aromatic N) is 2. The van der Waals surface area contributed by atoms with E-state index in [4.69, 9.17) is 16.9 Å². The molecule has 0 aromatic heterocycles. The quantitative estimate of drug-likeness (QED) is 0.835. The van der Waals surface area contributed by atoms with Crippen molar-refractivity contribution in [2.75, 3.05) is 7.11 Å². The van der Waals surface area contributed by atoms with Crippen molar-refractivity contribution in [2.24, 2.45) is 10.7 Å². The average molecular weight is 257 g/mol. The lowest BCUT2D eigenvalue weighted by molar-refractivity contribution is 0.198. The Morgan fingerprint density at radius 3 is 2.84 bits per heavy atom. The van der Waals surface area contributed by atoms with Gasteiger partial charge in [-0.3, -0.25) is 4.90 Å². The summed E-state index contributed by atoms with van der Waals surface area (Å²) in [5, 5.41) is 0. The van der Waals surface area contributed by atoms with Crippen molar-refractivity contribution in [3.8, 4) is 18.1 Å². The van der Waals surface area contributed by atoms with Crippen LogP contribution < -0.4 is 10.5 Å². The van der Waals surface area contributed by atoms with Crippen LogP contribution in [-0.4, -0.2) is 29.9 Å². The van der Waals surface area contributed by atoms with Crippen LogP contribution >= 0.6 is 0 Å². The molecule has 1 heterocycles. The molecule has 1 aromatic rings. The minimum Gasteiger partial charge on any atom is -0.496 e. The Morgan fingerprint density at radius 1 is 1.53 bits per heavy atom. The molecule has 2 N–H and O–H groups in total. The Morgan fingerprint density at radius 2 is 2.21 bits per heavy atom. The highest BCUT2D eigenvalue weighted by molar-refractivity contribution is 6.03. The van der Waals surface area contributed by atoms with Crippen molar-refractivity contribution < 1.29 is 9.53 Å². The van der Waals surface area contributed by atoms with Gasteiger partial charge in [0, 0.05) is 5.56 Å². The number of carbonyl (C=O) groups excluding carboxylic acids is 1. The van der Waals surface area contributed by atoms with Crippen molar-refractivity contribution in [2.45, 2.75) is 19.0 Å². The molecule has 19 heavy (non-hydrogen) atoms. The maximum Gasteiger partial charge on any atom is 0.347 e. The van der Waals surface area contributed by atoms with Crippen molar-refractivity contribution >= 4 is 11.9 Å². The van der Waals surface area contributed by atoms with Gasteiger partial charge in [-0.05, 0) is 13.0 Å². The predicted molar refractivity (Wildman–Crippen MR) is 72.9 cm³/mol. The van der Waals surface area contributed by atoms with Gasteiger partial charge in [0.2, 0.25) is 0 Å². The topological polar surface area (TPSA) is 67.9 Å². The number of amides is 2. The SMILES string of the molecule is C#CC(C)N1C(=O)N=C(N)C1c1ccccc1OC. The maximum absolute atomic E-state index is 11.9. The molecule has 5 nitrogen and oxygen atoms in total. The first-order valence-corrected chi connectivity index (χ1v) is 5.85. The highest BCUT2D eigenvalue weighted by atomic mass is 16.5. The van der Waals surface area contributed by atoms with Gasteiger partial charge in [-0.25, -0.2) is 4.79 Å². The van der Waals surface area contributed by atoms with E-state index in [2.05, 4.69) is 10.9 Å². The van der Waals surface area contributed by atoms with Gasteiger partial charge in [-0.15, -0.1) is 6.42 Å². The van der Waals surface area contributed by atoms with Gasteiger partial charge in [-0.2, -0.15) is 4.99 Å². The zero-order chi connectivity index (χ0) is 14.0. The van der Waals surface area contributed by atoms with E-state index in [0.717, 1.165) is 5.56 Å². The van der Waals surface area contributed by atoms with Gasteiger partial charge in [0.1, 0.15) is 17.6 Å². The molecule has 5 heteroatoms. The Bertz CT molecular complexity index is 574. The van der Waals surface area contributed by atoms with E-state index in [1.165, 1.54) is 4.90 Å². The van der Waals surface area contributed by atoms with E-state index in [0.29, 0.717) is 5.75 Å². The smallest absolute Gasteiger partial charge is 0.347 e. The standard InChI is InChI=1S/C14H15N3O2/c1-4-9(2)17-12(13(15)16-14(17)18)10-7-5-6-8-11(10)19-3/h1,5-9,12H,2-3H3,(H2,15,16,18). The number of methoxy groups -OCH3 is 1. The number of carbonyl (C=O) groups is 1. The summed E-state index contributed by atoms with van der Waals surface area (Å²) in [7, 11) is 1.57. The Kier molecular flexibility index (Phi) is 3.43. The molecule has 1 aliphatic heterocycles. The fourth-order valence-electron chi connectivity index (χ4n) is 2.15. The maximum atomic E-state index is 11.9. The molecule has 0 bridgehead atoms. The van der Waals surface area contributed by atoms with Gasteiger partial charge < -0.3 is 10.5 Å². The van der Waals surface area contributed by atoms with Crippen molar-refractivity contribution in [1.82, 2.24) is 4.90 Å². The second-order valence-electron chi connectivity index (χ2n) is 4.21. The van der Waals surface area contributed by atoms with Crippen LogP contribution in [0.1, 0.15) is 18.5 Å². The van der Waals surface area contributed by atoms with Crippen LogP contribution in [0.25, 0.3) is 0 Å². The number of terminal acetylenes is 1. The number of nitrogens with two attached hydrogens (primary N) is 1. The molecular formula is C14H15N3O2. The van der Waals surface area contributed by atoms with Crippen molar-refractivity contribution in [1.29, 1.82) is 0 Å². The molecule has 2 amide bonds. The first-order chi connectivity index (χ1) is 9.10. The van der Waals surface area contributed by atoms with Crippen molar-refractivity contribution in [3.63, 3.8) is 0 Å². The van der Waals surface area contributed by atoms with Gasteiger partial charge in [0.05, 0.1) is 13.2 Å². The molecule has 2 unspecified atom stereocenters. The van der Waals surface area contributed by atoms with E-state index in [9.17, 15) is 4.79 Å². The Hall–Kier alpha value is -2.48. The number of benzene rings is 1. The van der Waals surface area contributed by atoms with Crippen molar-refractivity contribution in [3.05, 3.63) is 29.8 Å². The number of hydrogen-bond donors (Lipinski definition) is 1. The molecule has 1 aromatic carbocycles. The highest BCUT2D eigenvalue weighted by Gasteiger charge is 2.38. The minimum absolute atomic E-state index is 0.233. The molecule has 0 saturated heterocycles. The lowest BCUT2D eigenvalue weighted by Crippen LogP contribution is -2.39. The predicted octanol–water partition coefficient (Wildman–Crippen LogP) is 1.55. The Balaban J connectivity index is 2.49. The van der Waals surface area contributed by atoms with Crippen LogP contribution in [0.5, 0.6) is 5.75 Å². The second-order valence-corrected chi connectivity index (χ2v) is 4.21. The summed E-state index contributed by atoms with van der Waals surface area (Å²) in [6.07, 6.45) is 5.40. The Labute approximate surface area is 112 Å². The van der Waals surface area contributed by atoms with Crippen LogP contribution in [-0.2, 0) is 0 Å². The third-order valence-corrected chi connectivity index (χ3v) is 3.10. The summed E-state index contributed by atoms with van der Waals surface area (Å²) in [6.45, 7) is 1.76. The van der Waals surface area contributed by atoms with Gasteiger partial charge >= 0.3 is 6.03 Å². The summed E-state index contributed by atoms with van der Waals surface area (Å²) in [5.74, 6) is 3.41. The zero-order valence-corrected chi connectivity index (χ0v) is 10.8. The number of amidine groups is 1. The summed E-state index contributed by atoms with van der Waals surface area (Å²) in [4.78, 5) is 17.2. The van der Waals surface area contributed by atoms with Gasteiger partial charge in [-0.1, -0.05) is 24.1 Å². The van der Waals surface area contributed by atoms with Crippen LogP contribution in [0.3, 0.4) is 0 Å². The van der Waals surface area contributed by atoms with Crippen LogP contribution in [0.4, 0.5) is 4.79 Å². The van der Waals surface area contributed by atoms with E-state index < -0.39 is 18.1 Å². The van der Waals surface area contributed by atoms with E-state index >= 15 is 0 Å². The number of aliphatic imine (C=N–C) groups is 1. The van der Waals surface area contributed by atoms with Crippen LogP contribution in [0.2, 0.25) is 0 Å². The largest absolute Gasteiger partial charge is 0.496 e. The normalized spacial score (nSPS) is 19.8. The molecular weight excluding hydrogens is 242 g/mol. The van der Waals surface area contributed by atoms with E-state index in [-0.39, 0.29) is 5.84 Å². The van der Waals surface area contributed by atoms with Crippen LogP contribution in [0, 0.1) is 12.3 Å². The molecule has 0 radical (unpaired) electrons. The molecule has 2 rings (SSSR count). The number of urea groups is 1. The zero-order valence-electron chi connectivity index (χ0n) is 10.8. The molecule has 0 fully saturated rings. The fourth-order valence-corrected chi connectivity index (χ4v) is 2.15. The number of hydrogen-bond acceptors (Lipinski definition) is 3. The minimum atomic E-state index is -0.477. The summed E-state index contributed by atoms with van der Waals surface area (Å²) >= 11 is 0. The lowest BCUT2D eigenvalue weighted by atomic mass is 10.0. The van der Waals surface area contributed by atoms with E-state index in [1.54, 1.807) is 14.0 Å². The lowest BCUT2D eigenvalue weighted by Gasteiger charge is -2.28. The van der Waals surface area contributed by atoms with Gasteiger partial charge in [0.25, 0.3) is 0 Å². The first-order valence-electron chi connectivity index (χ1n) is 5.85. The molecule has 2 atom stereocenters. The summed E-state index contributed by atoms with van der Waals surface area (Å²) < 4.78 is 5.30. The number of ether oxygens (including phenoxy) is 1. The number of para-hydroxylation sites is 1. The fraction of sp³-hybridized carbons (Fsp3) is 0.286. The first kappa shape index (κ1) is 13.0. The summed E-state index contributed by atoms with van der Waals surface area (Å²) in [6, 6.07) is 6.07. The van der Waals surface area contributed by atoms with Gasteiger partial charge in [0.15, 0.2) is 0 Å². The van der Waals surface area contributed by atoms with E-state index in [1.807, 2.05) is 24.3 Å².